The van der Waals surface area contributed by atoms with Gasteiger partial charge in [-0.3, -0.25) is 4.79 Å². The average molecular weight is 376 g/mol. The molecule has 24 heavy (non-hydrogen) atoms. The van der Waals surface area contributed by atoms with Gasteiger partial charge in [0.2, 0.25) is 5.91 Å². The van der Waals surface area contributed by atoms with Crippen LogP contribution in [0.25, 0.3) is 0 Å². The van der Waals surface area contributed by atoms with E-state index in [4.69, 9.17) is 9.84 Å². The van der Waals surface area contributed by atoms with Crippen LogP contribution in [0.2, 0.25) is 0 Å². The second-order valence-electron chi connectivity index (χ2n) is 5.30. The van der Waals surface area contributed by atoms with Crippen LogP contribution in [-0.2, 0) is 19.6 Å². The molecule has 1 aromatic rings. The number of carbonyl (C=O) groups is 2. The Kier molecular flexibility index (Phi) is 6.33. The van der Waals surface area contributed by atoms with Crippen LogP contribution < -0.4 is 0 Å². The lowest BCUT2D eigenvalue weighted by Gasteiger charge is -2.33. The molecule has 0 unspecified atom stereocenters. The van der Waals surface area contributed by atoms with E-state index < -0.39 is 16.0 Å². The van der Waals surface area contributed by atoms with Crippen molar-refractivity contribution in [2.24, 2.45) is 0 Å². The minimum atomic E-state index is -3.73. The zero-order chi connectivity index (χ0) is 17.7. The lowest BCUT2D eigenvalue weighted by molar-refractivity contribution is -0.137. The molecule has 0 atom stereocenters. The van der Waals surface area contributed by atoms with E-state index in [1.165, 1.54) is 15.8 Å². The van der Waals surface area contributed by atoms with Gasteiger partial charge >= 0.3 is 5.97 Å². The van der Waals surface area contributed by atoms with Crippen molar-refractivity contribution in [2.75, 3.05) is 39.4 Å². The summed E-state index contributed by atoms with van der Waals surface area (Å²) >= 11 is 0.888. The van der Waals surface area contributed by atoms with Crippen LogP contribution in [0.15, 0.2) is 15.7 Å². The Morgan fingerprint density at radius 2 is 1.96 bits per heavy atom. The van der Waals surface area contributed by atoms with E-state index >= 15 is 0 Å². The van der Waals surface area contributed by atoms with Crippen LogP contribution in [-0.4, -0.2) is 74.0 Å². The highest BCUT2D eigenvalue weighted by Crippen LogP contribution is 2.25. The molecule has 1 fully saturated rings. The minimum absolute atomic E-state index is 0.00551. The van der Waals surface area contributed by atoms with Gasteiger partial charge in [0.1, 0.15) is 10.8 Å². The van der Waals surface area contributed by atoms with Gasteiger partial charge in [-0.05, 0) is 12.5 Å². The number of hydrogen-bond acceptors (Lipinski definition) is 6. The maximum absolute atomic E-state index is 12.5. The summed E-state index contributed by atoms with van der Waals surface area (Å²) in [5.74, 6) is -1.31. The fourth-order valence-electron chi connectivity index (χ4n) is 2.26. The highest BCUT2D eigenvalue weighted by molar-refractivity contribution is 7.91. The predicted molar refractivity (Wildman–Crippen MR) is 87.7 cm³/mol. The lowest BCUT2D eigenvalue weighted by Crippen LogP contribution is -2.51. The van der Waals surface area contributed by atoms with Gasteiger partial charge in [0.15, 0.2) is 0 Å². The first-order valence-corrected chi connectivity index (χ1v) is 9.85. The van der Waals surface area contributed by atoms with E-state index in [1.54, 1.807) is 4.90 Å². The summed E-state index contributed by atoms with van der Waals surface area (Å²) in [6.07, 6.45) is 0.832. The molecule has 0 radical (unpaired) electrons. The van der Waals surface area contributed by atoms with Crippen LogP contribution in [0.1, 0.15) is 23.7 Å². The van der Waals surface area contributed by atoms with Gasteiger partial charge in [-0.25, -0.2) is 13.2 Å². The molecular formula is C14H20N2O6S2. The average Bonchev–Trinajstić information content (AvgIpc) is 3.06. The molecule has 2 rings (SSSR count). The maximum atomic E-state index is 12.5. The summed E-state index contributed by atoms with van der Waals surface area (Å²) in [6.45, 7) is 3.44. The van der Waals surface area contributed by atoms with Crippen molar-refractivity contribution in [1.29, 1.82) is 0 Å². The molecule has 1 aliphatic heterocycles. The Morgan fingerprint density at radius 1 is 1.29 bits per heavy atom. The van der Waals surface area contributed by atoms with Gasteiger partial charge in [-0.15, -0.1) is 11.3 Å². The van der Waals surface area contributed by atoms with Crippen LogP contribution in [0.3, 0.4) is 0 Å². The van der Waals surface area contributed by atoms with Crippen molar-refractivity contribution >= 4 is 33.2 Å². The number of piperazine rings is 1. The van der Waals surface area contributed by atoms with E-state index in [2.05, 4.69) is 0 Å². The van der Waals surface area contributed by atoms with Gasteiger partial charge in [0, 0.05) is 38.2 Å². The molecule has 0 aromatic carbocycles. The first-order valence-electron chi connectivity index (χ1n) is 7.53. The highest BCUT2D eigenvalue weighted by Gasteiger charge is 2.31. The summed E-state index contributed by atoms with van der Waals surface area (Å²) in [5, 5.41) is 10.2. The monoisotopic (exact) mass is 376 g/mol. The molecule has 2 heterocycles. The molecule has 1 N–H and O–H groups in total. The lowest BCUT2D eigenvalue weighted by atomic mass is 10.3. The smallest absolute Gasteiger partial charge is 0.336 e. The van der Waals surface area contributed by atoms with E-state index in [1.807, 2.05) is 6.92 Å². The molecule has 0 aliphatic carbocycles. The summed E-state index contributed by atoms with van der Waals surface area (Å²) in [5.41, 5.74) is -0.0412. The van der Waals surface area contributed by atoms with Crippen LogP contribution in [0.5, 0.6) is 0 Å². The standard InChI is InChI=1S/C14H20N2O6S2/c1-2-7-22-9-12(17)15-3-5-16(6-4-15)24(20,21)13-8-11(10-23-13)14(18)19/h8,10H,2-7,9H2,1H3,(H,18,19). The Balaban J connectivity index is 1.95. The van der Waals surface area contributed by atoms with E-state index in [0.29, 0.717) is 19.7 Å². The number of aromatic carboxylic acids is 1. The zero-order valence-corrected chi connectivity index (χ0v) is 14.9. The van der Waals surface area contributed by atoms with Crippen molar-refractivity contribution in [3.8, 4) is 0 Å². The molecule has 0 spiro atoms. The molecule has 1 amide bonds. The summed E-state index contributed by atoms with van der Waals surface area (Å²) in [6, 6.07) is 1.17. The molecular weight excluding hydrogens is 356 g/mol. The number of carboxylic acids is 1. The highest BCUT2D eigenvalue weighted by atomic mass is 32.2. The third-order valence-corrected chi connectivity index (χ3v) is 6.90. The quantitative estimate of drug-likeness (QED) is 0.703. The van der Waals surface area contributed by atoms with Crippen LogP contribution in [0.4, 0.5) is 0 Å². The minimum Gasteiger partial charge on any atom is -0.478 e. The zero-order valence-electron chi connectivity index (χ0n) is 13.3. The number of hydrogen-bond donors (Lipinski definition) is 1. The van der Waals surface area contributed by atoms with Gasteiger partial charge in [0.25, 0.3) is 10.0 Å². The summed E-state index contributed by atoms with van der Waals surface area (Å²) in [4.78, 5) is 24.4. The van der Waals surface area contributed by atoms with Gasteiger partial charge < -0.3 is 14.7 Å². The van der Waals surface area contributed by atoms with Crippen molar-refractivity contribution in [3.05, 3.63) is 17.0 Å². The third kappa shape index (κ3) is 4.32. The first-order chi connectivity index (χ1) is 11.4. The summed E-state index contributed by atoms with van der Waals surface area (Å²) < 4.78 is 31.5. The SMILES string of the molecule is CCCOCC(=O)N1CCN(S(=O)(=O)c2cc(C(=O)O)cs2)CC1. The first kappa shape index (κ1) is 18.8. The molecule has 1 aromatic heterocycles. The van der Waals surface area contributed by atoms with Crippen LogP contribution >= 0.6 is 11.3 Å². The molecule has 10 heteroatoms. The number of thiophene rings is 1. The fourth-order valence-corrected chi connectivity index (χ4v) is 4.99. The molecule has 8 nitrogen and oxygen atoms in total. The Labute approximate surface area is 144 Å². The van der Waals surface area contributed by atoms with Crippen molar-refractivity contribution in [2.45, 2.75) is 17.6 Å². The number of sulfonamides is 1. The van der Waals surface area contributed by atoms with Gasteiger partial charge in [0.05, 0.1) is 5.56 Å². The largest absolute Gasteiger partial charge is 0.478 e. The topological polar surface area (TPSA) is 104 Å². The molecule has 1 aliphatic rings. The molecule has 134 valence electrons. The van der Waals surface area contributed by atoms with Gasteiger partial charge in [-0.2, -0.15) is 4.31 Å². The Hall–Kier alpha value is -1.49. The van der Waals surface area contributed by atoms with Crippen LogP contribution in [0, 0.1) is 0 Å². The van der Waals surface area contributed by atoms with E-state index in [-0.39, 0.29) is 35.4 Å². The van der Waals surface area contributed by atoms with Crippen molar-refractivity contribution in [1.82, 2.24) is 9.21 Å². The molecule has 1 saturated heterocycles. The van der Waals surface area contributed by atoms with E-state index in [9.17, 15) is 18.0 Å². The van der Waals surface area contributed by atoms with Crippen molar-refractivity contribution in [3.63, 3.8) is 0 Å². The second kappa shape index (κ2) is 8.06. The maximum Gasteiger partial charge on any atom is 0.336 e. The fraction of sp³-hybridized carbons (Fsp3) is 0.571. The number of rotatable bonds is 7. The predicted octanol–water partition coefficient (Wildman–Crippen LogP) is 0.706. The van der Waals surface area contributed by atoms with Crippen molar-refractivity contribution < 1.29 is 27.9 Å². The molecule has 0 bridgehead atoms. The van der Waals surface area contributed by atoms with E-state index in [0.717, 1.165) is 17.8 Å². The Bertz CT molecular complexity index is 692. The third-order valence-electron chi connectivity index (χ3n) is 3.58. The normalized spacial score (nSPS) is 16.3. The second-order valence-corrected chi connectivity index (χ2v) is 8.37. The number of carboxylic acid groups (broad SMARTS) is 1. The summed E-state index contributed by atoms with van der Waals surface area (Å²) in [7, 11) is -3.73. The van der Waals surface area contributed by atoms with Gasteiger partial charge in [-0.1, -0.05) is 6.92 Å². The Morgan fingerprint density at radius 3 is 2.50 bits per heavy atom. The molecule has 0 saturated carbocycles. The number of nitrogens with zero attached hydrogens (tertiary/aromatic N) is 2. The number of amides is 1. The number of carbonyl (C=O) groups excluding carboxylic acids is 1. The number of ether oxygens (including phenoxy) is 1.